The Morgan fingerprint density at radius 1 is 0.846 bits per heavy atom. The fourth-order valence-corrected chi connectivity index (χ4v) is 2.77. The van der Waals surface area contributed by atoms with Crippen LogP contribution in [0.2, 0.25) is 0 Å². The molecule has 1 N–H and O–H groups in total. The number of ether oxygens (including phenoxy) is 1. The lowest BCUT2D eigenvalue weighted by Gasteiger charge is -2.20. The third-order valence-corrected chi connectivity index (χ3v) is 4.19. The number of benzene rings is 3. The first-order chi connectivity index (χ1) is 12.7. The highest BCUT2D eigenvalue weighted by Gasteiger charge is 2.16. The molecule has 0 saturated heterocycles. The summed E-state index contributed by atoms with van der Waals surface area (Å²) in [6.45, 7) is 2.41. The van der Waals surface area contributed by atoms with E-state index in [1.54, 1.807) is 0 Å². The van der Waals surface area contributed by atoms with Crippen LogP contribution < -0.4 is 10.1 Å². The first-order valence-corrected chi connectivity index (χ1v) is 8.81. The van der Waals surface area contributed by atoms with E-state index in [-0.39, 0.29) is 11.9 Å². The smallest absolute Gasteiger partial charge is 0.224 e. The van der Waals surface area contributed by atoms with Gasteiger partial charge >= 0.3 is 0 Å². The number of hydrogen-bond donors (Lipinski definition) is 1. The Morgan fingerprint density at radius 2 is 1.42 bits per heavy atom. The van der Waals surface area contributed by atoms with Gasteiger partial charge in [-0.25, -0.2) is 0 Å². The maximum Gasteiger partial charge on any atom is 0.224 e. The average molecular weight is 345 g/mol. The lowest BCUT2D eigenvalue weighted by atomic mass is 9.97. The maximum atomic E-state index is 12.5. The van der Waals surface area contributed by atoms with Gasteiger partial charge < -0.3 is 10.1 Å². The van der Waals surface area contributed by atoms with E-state index in [2.05, 4.69) is 36.5 Å². The van der Waals surface area contributed by atoms with Gasteiger partial charge in [0.15, 0.2) is 0 Å². The molecule has 0 aliphatic rings. The Balaban J connectivity index is 1.65. The van der Waals surface area contributed by atoms with Gasteiger partial charge in [0.1, 0.15) is 5.75 Å². The molecule has 0 aliphatic heterocycles. The second-order valence-electron chi connectivity index (χ2n) is 6.23. The first-order valence-electron chi connectivity index (χ1n) is 8.81. The average Bonchev–Trinajstić information content (AvgIpc) is 2.68. The summed E-state index contributed by atoms with van der Waals surface area (Å²) >= 11 is 0. The molecule has 1 unspecified atom stereocenters. The minimum atomic E-state index is -0.166. The highest BCUT2D eigenvalue weighted by atomic mass is 16.5. The van der Waals surface area contributed by atoms with Crippen LogP contribution in [-0.4, -0.2) is 12.5 Å². The Kier molecular flexibility index (Phi) is 6.05. The molecule has 0 aliphatic carbocycles. The van der Waals surface area contributed by atoms with Gasteiger partial charge in [0.05, 0.1) is 19.1 Å². The summed E-state index contributed by atoms with van der Waals surface area (Å²) < 4.78 is 5.62. The molecule has 0 fully saturated rings. The van der Waals surface area contributed by atoms with Crippen molar-refractivity contribution in [3.8, 4) is 5.75 Å². The predicted molar refractivity (Wildman–Crippen MR) is 104 cm³/mol. The van der Waals surface area contributed by atoms with Crippen LogP contribution in [0.1, 0.15) is 29.2 Å². The molecule has 132 valence electrons. The lowest BCUT2D eigenvalue weighted by molar-refractivity contribution is -0.122. The number of para-hydroxylation sites is 1. The normalized spacial score (nSPS) is 11.6. The summed E-state index contributed by atoms with van der Waals surface area (Å²) in [7, 11) is 0. The van der Waals surface area contributed by atoms with Gasteiger partial charge in [-0.05, 0) is 30.2 Å². The van der Waals surface area contributed by atoms with Gasteiger partial charge in [0.25, 0.3) is 0 Å². The fraction of sp³-hybridized carbons (Fsp3) is 0.174. The second-order valence-corrected chi connectivity index (χ2v) is 6.23. The van der Waals surface area contributed by atoms with Crippen LogP contribution in [0.4, 0.5) is 0 Å². The van der Waals surface area contributed by atoms with Crippen LogP contribution >= 0.6 is 0 Å². The van der Waals surface area contributed by atoms with Crippen molar-refractivity contribution in [1.82, 2.24) is 5.32 Å². The zero-order valence-corrected chi connectivity index (χ0v) is 14.9. The number of carbonyl (C=O) groups excluding carboxylic acids is 1. The zero-order valence-electron chi connectivity index (χ0n) is 14.9. The summed E-state index contributed by atoms with van der Waals surface area (Å²) in [4.78, 5) is 12.5. The van der Waals surface area contributed by atoms with E-state index in [4.69, 9.17) is 4.74 Å². The molecule has 0 saturated carbocycles. The van der Waals surface area contributed by atoms with E-state index < -0.39 is 0 Å². The largest absolute Gasteiger partial charge is 0.493 e. The van der Waals surface area contributed by atoms with E-state index in [9.17, 15) is 4.79 Å². The molecule has 3 nitrogen and oxygen atoms in total. The predicted octanol–water partition coefficient (Wildman–Crippen LogP) is 4.67. The van der Waals surface area contributed by atoms with Gasteiger partial charge in [-0.1, -0.05) is 78.4 Å². The number of carbonyl (C=O) groups is 1. The monoisotopic (exact) mass is 345 g/mol. The Hall–Kier alpha value is -3.07. The third kappa shape index (κ3) is 4.96. The van der Waals surface area contributed by atoms with E-state index in [0.717, 1.165) is 16.9 Å². The number of amides is 1. The van der Waals surface area contributed by atoms with Crippen molar-refractivity contribution < 1.29 is 9.53 Å². The van der Waals surface area contributed by atoms with Gasteiger partial charge in [0.2, 0.25) is 5.91 Å². The van der Waals surface area contributed by atoms with Crippen LogP contribution in [0.25, 0.3) is 0 Å². The van der Waals surface area contributed by atoms with Crippen molar-refractivity contribution in [3.63, 3.8) is 0 Å². The van der Waals surface area contributed by atoms with Crippen molar-refractivity contribution in [2.45, 2.75) is 19.4 Å². The van der Waals surface area contributed by atoms with Crippen LogP contribution in [0.5, 0.6) is 5.75 Å². The minimum Gasteiger partial charge on any atom is -0.493 e. The highest BCUT2D eigenvalue weighted by Crippen LogP contribution is 2.22. The van der Waals surface area contributed by atoms with Crippen molar-refractivity contribution in [3.05, 3.63) is 102 Å². The van der Waals surface area contributed by atoms with Crippen molar-refractivity contribution in [1.29, 1.82) is 0 Å². The third-order valence-electron chi connectivity index (χ3n) is 4.19. The topological polar surface area (TPSA) is 38.3 Å². The molecule has 1 atom stereocenters. The van der Waals surface area contributed by atoms with Crippen molar-refractivity contribution in [2.24, 2.45) is 0 Å². The summed E-state index contributed by atoms with van der Waals surface area (Å²) in [5.41, 5.74) is 3.33. The molecule has 26 heavy (non-hydrogen) atoms. The summed E-state index contributed by atoms with van der Waals surface area (Å²) in [5.74, 6) is 0.744. The summed E-state index contributed by atoms with van der Waals surface area (Å²) in [5, 5.41) is 3.14. The maximum absolute atomic E-state index is 12.5. The molecule has 3 heteroatoms. The van der Waals surface area contributed by atoms with Gasteiger partial charge in [-0.3, -0.25) is 4.79 Å². The Labute approximate surface area is 154 Å². The zero-order chi connectivity index (χ0) is 18.2. The Bertz CT molecular complexity index is 814. The minimum absolute atomic E-state index is 0.0321. The molecular weight excluding hydrogens is 322 g/mol. The van der Waals surface area contributed by atoms with E-state index in [1.165, 1.54) is 5.56 Å². The van der Waals surface area contributed by atoms with Crippen LogP contribution in [-0.2, 0) is 4.79 Å². The molecule has 0 radical (unpaired) electrons. The van der Waals surface area contributed by atoms with Crippen LogP contribution in [0.15, 0.2) is 84.9 Å². The Morgan fingerprint density at radius 3 is 2.08 bits per heavy atom. The fourth-order valence-electron chi connectivity index (χ4n) is 2.77. The molecular formula is C23H23NO2. The molecule has 3 rings (SSSR count). The molecule has 1 amide bonds. The molecule has 0 bridgehead atoms. The van der Waals surface area contributed by atoms with Gasteiger partial charge in [-0.15, -0.1) is 0 Å². The number of nitrogens with one attached hydrogen (secondary N) is 1. The quantitative estimate of drug-likeness (QED) is 0.676. The molecule has 3 aromatic rings. The van der Waals surface area contributed by atoms with Crippen LogP contribution in [0, 0.1) is 6.92 Å². The SMILES string of the molecule is Cc1ccc(C(NC(=O)CCOc2ccccc2)c2ccccc2)cc1. The van der Waals surface area contributed by atoms with E-state index in [1.807, 2.05) is 60.7 Å². The molecule has 0 aromatic heterocycles. The van der Waals surface area contributed by atoms with Crippen molar-refractivity contribution in [2.75, 3.05) is 6.61 Å². The van der Waals surface area contributed by atoms with Crippen molar-refractivity contribution >= 4 is 5.91 Å². The first kappa shape index (κ1) is 17.7. The number of hydrogen-bond acceptors (Lipinski definition) is 2. The van der Waals surface area contributed by atoms with Crippen LogP contribution in [0.3, 0.4) is 0 Å². The highest BCUT2D eigenvalue weighted by molar-refractivity contribution is 5.77. The number of rotatable bonds is 7. The molecule has 0 heterocycles. The van der Waals surface area contributed by atoms with E-state index in [0.29, 0.717) is 13.0 Å². The summed E-state index contributed by atoms with van der Waals surface area (Å²) in [6.07, 6.45) is 0.310. The molecule has 0 spiro atoms. The molecule has 3 aromatic carbocycles. The lowest BCUT2D eigenvalue weighted by Crippen LogP contribution is -2.30. The van der Waals surface area contributed by atoms with E-state index >= 15 is 0 Å². The standard InChI is InChI=1S/C23H23NO2/c1-18-12-14-20(15-13-18)23(19-8-4-2-5-9-19)24-22(25)16-17-26-21-10-6-3-7-11-21/h2-15,23H,16-17H2,1H3,(H,24,25). The number of aryl methyl sites for hydroxylation is 1. The second kappa shape index (κ2) is 8.86. The van der Waals surface area contributed by atoms with Gasteiger partial charge in [-0.2, -0.15) is 0 Å². The summed E-state index contributed by atoms with van der Waals surface area (Å²) in [6, 6.07) is 27.6. The van der Waals surface area contributed by atoms with Gasteiger partial charge in [0, 0.05) is 0 Å².